The van der Waals surface area contributed by atoms with Crippen molar-refractivity contribution in [3.8, 4) is 10.6 Å². The summed E-state index contributed by atoms with van der Waals surface area (Å²) in [5.41, 5.74) is 3.48. The number of aliphatic hydroxyl groups is 1. The number of furan rings is 1. The minimum absolute atomic E-state index is 0.0958. The highest BCUT2D eigenvalue weighted by Crippen LogP contribution is 2.31. The van der Waals surface area contributed by atoms with Gasteiger partial charge in [0.2, 0.25) is 0 Å². The normalized spacial score (nSPS) is 16.9. The molecule has 1 atom stereocenters. The van der Waals surface area contributed by atoms with Gasteiger partial charge in [-0.2, -0.15) is 0 Å². The van der Waals surface area contributed by atoms with Crippen LogP contribution in [-0.4, -0.2) is 34.0 Å². The third-order valence-electron chi connectivity index (χ3n) is 4.34. The first kappa shape index (κ1) is 15.1. The Morgan fingerprint density at radius 1 is 1.38 bits per heavy atom. The number of aliphatic hydroxyl groups excluding tert-OH is 1. The fraction of sp³-hybridized carbons (Fsp3) is 0.222. The molecule has 122 valence electrons. The van der Waals surface area contributed by atoms with Gasteiger partial charge in [-0.3, -0.25) is 4.79 Å². The molecule has 1 aliphatic rings. The minimum Gasteiger partial charge on any atom is -0.472 e. The van der Waals surface area contributed by atoms with Gasteiger partial charge in [-0.15, -0.1) is 11.3 Å². The van der Waals surface area contributed by atoms with Crippen molar-refractivity contribution in [3.63, 3.8) is 0 Å². The molecule has 0 fully saturated rings. The number of carbonyl (C=O) groups is 1. The molecule has 1 amide bonds. The maximum absolute atomic E-state index is 12.9. The molecule has 1 N–H and O–H groups in total. The highest BCUT2D eigenvalue weighted by molar-refractivity contribution is 7.13. The Kier molecular flexibility index (Phi) is 3.92. The van der Waals surface area contributed by atoms with Gasteiger partial charge in [0, 0.05) is 17.5 Å². The molecular weight excluding hydrogens is 324 g/mol. The predicted octanol–water partition coefficient (Wildman–Crippen LogP) is 3.14. The summed E-state index contributed by atoms with van der Waals surface area (Å²) in [6.45, 7) is 0.487. The van der Waals surface area contributed by atoms with Gasteiger partial charge in [-0.05, 0) is 23.6 Å². The molecule has 0 radical (unpaired) electrons. The van der Waals surface area contributed by atoms with Gasteiger partial charge in [0.1, 0.15) is 17.0 Å². The molecule has 1 aromatic carbocycles. The average molecular weight is 340 g/mol. The van der Waals surface area contributed by atoms with Crippen LogP contribution in [0.2, 0.25) is 0 Å². The van der Waals surface area contributed by atoms with E-state index in [0.29, 0.717) is 12.2 Å². The number of fused-ring (bicyclic) bond motifs is 1. The molecule has 2 aromatic heterocycles. The maximum Gasteiger partial charge on any atom is 0.273 e. The van der Waals surface area contributed by atoms with Crippen LogP contribution in [0.1, 0.15) is 27.7 Å². The van der Waals surface area contributed by atoms with E-state index in [1.54, 1.807) is 22.8 Å². The predicted molar refractivity (Wildman–Crippen MR) is 90.8 cm³/mol. The Hall–Kier alpha value is -2.44. The van der Waals surface area contributed by atoms with E-state index in [1.807, 2.05) is 24.3 Å². The molecule has 3 aromatic rings. The molecule has 3 heterocycles. The summed E-state index contributed by atoms with van der Waals surface area (Å²) in [5.74, 6) is -0.144. The fourth-order valence-electron chi connectivity index (χ4n) is 3.13. The first-order valence-corrected chi connectivity index (χ1v) is 8.63. The monoisotopic (exact) mass is 340 g/mol. The molecule has 1 unspecified atom stereocenters. The Morgan fingerprint density at radius 2 is 2.25 bits per heavy atom. The first-order chi connectivity index (χ1) is 11.8. The quantitative estimate of drug-likeness (QED) is 0.795. The summed E-state index contributed by atoms with van der Waals surface area (Å²) in [6.07, 6.45) is 3.99. The number of carbonyl (C=O) groups excluding carboxylic acids is 1. The van der Waals surface area contributed by atoms with Crippen LogP contribution in [0, 0.1) is 0 Å². The van der Waals surface area contributed by atoms with Crippen molar-refractivity contribution in [2.75, 3.05) is 13.2 Å². The number of hydrogen-bond donors (Lipinski definition) is 1. The van der Waals surface area contributed by atoms with E-state index in [0.717, 1.165) is 22.6 Å². The number of benzene rings is 1. The van der Waals surface area contributed by atoms with Crippen LogP contribution in [0.5, 0.6) is 0 Å². The second-order valence-electron chi connectivity index (χ2n) is 5.70. The molecular formula is C18H16N2O3S. The molecule has 24 heavy (non-hydrogen) atoms. The Balaban J connectivity index is 1.63. The summed E-state index contributed by atoms with van der Waals surface area (Å²) in [5, 5.41) is 12.4. The first-order valence-electron chi connectivity index (χ1n) is 7.75. The third kappa shape index (κ3) is 2.53. The van der Waals surface area contributed by atoms with E-state index in [-0.39, 0.29) is 18.6 Å². The van der Waals surface area contributed by atoms with Crippen molar-refractivity contribution in [2.24, 2.45) is 0 Å². The van der Waals surface area contributed by atoms with Crippen LogP contribution in [0.4, 0.5) is 0 Å². The van der Waals surface area contributed by atoms with Crippen molar-refractivity contribution in [1.82, 2.24) is 9.88 Å². The fourth-order valence-corrected chi connectivity index (χ4v) is 3.91. The Bertz CT molecular complexity index is 857. The highest BCUT2D eigenvalue weighted by atomic mass is 32.1. The van der Waals surface area contributed by atoms with E-state index in [1.165, 1.54) is 16.9 Å². The van der Waals surface area contributed by atoms with E-state index < -0.39 is 0 Å². The van der Waals surface area contributed by atoms with E-state index in [9.17, 15) is 9.90 Å². The van der Waals surface area contributed by atoms with Gasteiger partial charge in [0.25, 0.3) is 5.91 Å². The highest BCUT2D eigenvalue weighted by Gasteiger charge is 2.31. The summed E-state index contributed by atoms with van der Waals surface area (Å²) in [6, 6.07) is 9.47. The van der Waals surface area contributed by atoms with Gasteiger partial charge in [0.05, 0.1) is 18.9 Å². The molecule has 0 aliphatic carbocycles. The van der Waals surface area contributed by atoms with Crippen molar-refractivity contribution < 1.29 is 14.3 Å². The molecule has 6 heteroatoms. The summed E-state index contributed by atoms with van der Waals surface area (Å²) < 4.78 is 5.07. The average Bonchev–Trinajstić information content (AvgIpc) is 3.31. The largest absolute Gasteiger partial charge is 0.472 e. The Labute approximate surface area is 143 Å². The number of thiazole rings is 1. The minimum atomic E-state index is -0.318. The van der Waals surface area contributed by atoms with Crippen molar-refractivity contribution in [1.29, 1.82) is 0 Å². The lowest BCUT2D eigenvalue weighted by Crippen LogP contribution is -2.41. The number of hydrogen-bond acceptors (Lipinski definition) is 5. The van der Waals surface area contributed by atoms with Gasteiger partial charge < -0.3 is 14.4 Å². The van der Waals surface area contributed by atoms with Crippen LogP contribution in [0.15, 0.2) is 52.7 Å². The second kappa shape index (κ2) is 6.22. The summed E-state index contributed by atoms with van der Waals surface area (Å²) in [7, 11) is 0. The smallest absolute Gasteiger partial charge is 0.273 e. The zero-order valence-corrected chi connectivity index (χ0v) is 13.7. The van der Waals surface area contributed by atoms with Crippen LogP contribution in [0.25, 0.3) is 10.6 Å². The van der Waals surface area contributed by atoms with Crippen molar-refractivity contribution in [2.45, 2.75) is 12.5 Å². The third-order valence-corrected chi connectivity index (χ3v) is 5.23. The zero-order valence-electron chi connectivity index (χ0n) is 12.9. The van der Waals surface area contributed by atoms with E-state index in [4.69, 9.17) is 4.42 Å². The summed E-state index contributed by atoms with van der Waals surface area (Å²) >= 11 is 1.41. The molecule has 0 saturated carbocycles. The number of amides is 1. The van der Waals surface area contributed by atoms with Crippen LogP contribution >= 0.6 is 11.3 Å². The van der Waals surface area contributed by atoms with E-state index >= 15 is 0 Å². The van der Waals surface area contributed by atoms with Gasteiger partial charge in [-0.1, -0.05) is 24.3 Å². The molecule has 1 aliphatic heterocycles. The number of rotatable bonds is 3. The molecule has 4 rings (SSSR count). The van der Waals surface area contributed by atoms with Crippen LogP contribution in [-0.2, 0) is 6.42 Å². The van der Waals surface area contributed by atoms with Crippen molar-refractivity contribution >= 4 is 17.2 Å². The maximum atomic E-state index is 12.9. The Morgan fingerprint density at radius 3 is 3.04 bits per heavy atom. The lowest BCUT2D eigenvalue weighted by molar-refractivity contribution is 0.0563. The van der Waals surface area contributed by atoms with Crippen molar-refractivity contribution in [3.05, 3.63) is 65.1 Å². The van der Waals surface area contributed by atoms with Crippen LogP contribution < -0.4 is 0 Å². The summed E-state index contributed by atoms with van der Waals surface area (Å²) in [4.78, 5) is 19.1. The molecule has 5 nitrogen and oxygen atoms in total. The topological polar surface area (TPSA) is 66.6 Å². The second-order valence-corrected chi connectivity index (χ2v) is 6.55. The lowest BCUT2D eigenvalue weighted by atomic mass is 9.93. The van der Waals surface area contributed by atoms with E-state index in [2.05, 4.69) is 11.1 Å². The van der Waals surface area contributed by atoms with Crippen LogP contribution in [0.3, 0.4) is 0 Å². The zero-order chi connectivity index (χ0) is 16.5. The number of nitrogens with zero attached hydrogens (tertiary/aromatic N) is 2. The van der Waals surface area contributed by atoms with Gasteiger partial charge in [0.15, 0.2) is 0 Å². The lowest BCUT2D eigenvalue weighted by Gasteiger charge is -2.36. The standard InChI is InChI=1S/C18H16N2O3S/c21-9-16-14-4-2-1-3-12(14)5-7-20(16)18(22)15-11-24-17(19-15)13-6-8-23-10-13/h1-4,6,8,10-11,16,21H,5,7,9H2. The number of aromatic nitrogens is 1. The van der Waals surface area contributed by atoms with Gasteiger partial charge in [-0.25, -0.2) is 4.98 Å². The van der Waals surface area contributed by atoms with Gasteiger partial charge >= 0.3 is 0 Å². The molecule has 0 saturated heterocycles. The molecule has 0 bridgehead atoms. The molecule has 0 spiro atoms. The SMILES string of the molecule is O=C(c1csc(-c2ccoc2)n1)N1CCc2ccccc2C1CO.